The number of hydrazine groups is 1. The van der Waals surface area contributed by atoms with Gasteiger partial charge in [-0.25, -0.2) is 10.8 Å². The molecule has 1 aliphatic rings. The smallest absolute Gasteiger partial charge is 0.283 e. The van der Waals surface area contributed by atoms with Gasteiger partial charge in [0.1, 0.15) is 5.69 Å². The van der Waals surface area contributed by atoms with E-state index in [-0.39, 0.29) is 18.3 Å². The van der Waals surface area contributed by atoms with Crippen LogP contribution in [-0.2, 0) is 11.3 Å². The van der Waals surface area contributed by atoms with Crippen LogP contribution in [0.1, 0.15) is 30.0 Å². The first-order valence-electron chi connectivity index (χ1n) is 6.91. The summed E-state index contributed by atoms with van der Waals surface area (Å²) in [6.45, 7) is 5.94. The van der Waals surface area contributed by atoms with E-state index in [1.807, 2.05) is 19.9 Å². The molecule has 1 amide bonds. The summed E-state index contributed by atoms with van der Waals surface area (Å²) >= 11 is 0. The Hall–Kier alpha value is -1.54. The van der Waals surface area contributed by atoms with Gasteiger partial charge in [-0.05, 0) is 26.0 Å². The van der Waals surface area contributed by atoms with Crippen LogP contribution in [0.15, 0.2) is 18.2 Å². The standard InChI is InChI=1S/C14H22N4O3/c1-14(2)9-18(7-11(8-19)21-14)6-10-4-3-5-12(16-10)13(20)17-15/h3-5,11,19H,6-9,15H2,1-2H3,(H,17,20). The third kappa shape index (κ3) is 4.21. The van der Waals surface area contributed by atoms with Crippen LogP contribution in [0.25, 0.3) is 0 Å². The Morgan fingerprint density at radius 2 is 2.38 bits per heavy atom. The Bertz CT molecular complexity index is 507. The molecule has 2 rings (SSSR count). The molecule has 1 aromatic heterocycles. The summed E-state index contributed by atoms with van der Waals surface area (Å²) in [7, 11) is 0. The van der Waals surface area contributed by atoms with Gasteiger partial charge in [-0.1, -0.05) is 6.07 Å². The van der Waals surface area contributed by atoms with Crippen molar-refractivity contribution in [2.45, 2.75) is 32.1 Å². The maximum atomic E-state index is 11.5. The minimum Gasteiger partial charge on any atom is -0.394 e. The van der Waals surface area contributed by atoms with Gasteiger partial charge < -0.3 is 9.84 Å². The number of nitrogens with two attached hydrogens (primary N) is 1. The molecule has 21 heavy (non-hydrogen) atoms. The minimum absolute atomic E-state index is 0.0109. The van der Waals surface area contributed by atoms with Gasteiger partial charge in [0.05, 0.1) is 24.0 Å². The van der Waals surface area contributed by atoms with E-state index in [9.17, 15) is 9.90 Å². The number of rotatable bonds is 4. The summed E-state index contributed by atoms with van der Waals surface area (Å²) < 4.78 is 5.78. The summed E-state index contributed by atoms with van der Waals surface area (Å²) in [5.41, 5.74) is 2.83. The van der Waals surface area contributed by atoms with Crippen LogP contribution in [0.2, 0.25) is 0 Å². The number of carbonyl (C=O) groups excluding carboxylic acids is 1. The molecule has 1 aliphatic heterocycles. The van der Waals surface area contributed by atoms with E-state index in [0.29, 0.717) is 18.8 Å². The quantitative estimate of drug-likeness (QED) is 0.399. The first-order valence-corrected chi connectivity index (χ1v) is 6.91. The number of nitrogen functional groups attached to an aromatic ring is 1. The van der Waals surface area contributed by atoms with Crippen molar-refractivity contribution < 1.29 is 14.6 Å². The molecular weight excluding hydrogens is 272 g/mol. The third-order valence-electron chi connectivity index (χ3n) is 3.31. The number of aliphatic hydroxyl groups excluding tert-OH is 1. The summed E-state index contributed by atoms with van der Waals surface area (Å²) in [6, 6.07) is 5.26. The summed E-state index contributed by atoms with van der Waals surface area (Å²) in [6.07, 6.45) is -0.204. The number of hydrogen-bond donors (Lipinski definition) is 3. The Kier molecular flexibility index (Phi) is 4.89. The third-order valence-corrected chi connectivity index (χ3v) is 3.31. The zero-order chi connectivity index (χ0) is 15.5. The molecule has 0 bridgehead atoms. The molecule has 7 heteroatoms. The fourth-order valence-corrected chi connectivity index (χ4v) is 2.63. The van der Waals surface area contributed by atoms with E-state index in [1.165, 1.54) is 0 Å². The van der Waals surface area contributed by atoms with Crippen molar-refractivity contribution in [2.75, 3.05) is 19.7 Å². The monoisotopic (exact) mass is 294 g/mol. The van der Waals surface area contributed by atoms with E-state index in [2.05, 4.69) is 15.3 Å². The highest BCUT2D eigenvalue weighted by Crippen LogP contribution is 2.22. The molecule has 1 fully saturated rings. The molecule has 0 radical (unpaired) electrons. The summed E-state index contributed by atoms with van der Waals surface area (Å²) in [4.78, 5) is 18.0. The van der Waals surface area contributed by atoms with Gasteiger partial charge in [-0.3, -0.25) is 15.1 Å². The predicted octanol–water partition coefficient (Wildman–Crippen LogP) is -0.343. The maximum absolute atomic E-state index is 11.5. The van der Waals surface area contributed by atoms with Gasteiger partial charge >= 0.3 is 0 Å². The van der Waals surface area contributed by atoms with Crippen LogP contribution >= 0.6 is 0 Å². The number of carbonyl (C=O) groups is 1. The van der Waals surface area contributed by atoms with Crippen molar-refractivity contribution >= 4 is 5.91 Å². The molecule has 0 spiro atoms. The molecule has 1 saturated heterocycles. The minimum atomic E-state index is -0.410. The predicted molar refractivity (Wildman–Crippen MR) is 77.2 cm³/mol. The first kappa shape index (κ1) is 15.8. The van der Waals surface area contributed by atoms with Gasteiger partial charge in [-0.2, -0.15) is 0 Å². The van der Waals surface area contributed by atoms with Crippen LogP contribution < -0.4 is 11.3 Å². The number of ether oxygens (including phenoxy) is 1. The van der Waals surface area contributed by atoms with Gasteiger partial charge in [0, 0.05) is 19.6 Å². The Morgan fingerprint density at radius 3 is 3.05 bits per heavy atom. The molecule has 0 aromatic carbocycles. The summed E-state index contributed by atoms with van der Waals surface area (Å²) in [5, 5.41) is 9.32. The average Bonchev–Trinajstić information content (AvgIpc) is 2.45. The van der Waals surface area contributed by atoms with Crippen LogP contribution in [0, 0.1) is 0 Å². The van der Waals surface area contributed by atoms with Crippen LogP contribution in [-0.4, -0.2) is 52.3 Å². The zero-order valence-corrected chi connectivity index (χ0v) is 12.4. The number of nitrogens with one attached hydrogen (secondary N) is 1. The average molecular weight is 294 g/mol. The van der Waals surface area contributed by atoms with Gasteiger partial charge in [0.25, 0.3) is 5.91 Å². The van der Waals surface area contributed by atoms with Crippen molar-refractivity contribution in [1.29, 1.82) is 0 Å². The molecule has 4 N–H and O–H groups in total. The van der Waals surface area contributed by atoms with E-state index < -0.39 is 5.91 Å². The highest BCUT2D eigenvalue weighted by Gasteiger charge is 2.33. The zero-order valence-electron chi connectivity index (χ0n) is 12.4. The largest absolute Gasteiger partial charge is 0.394 e. The van der Waals surface area contributed by atoms with E-state index >= 15 is 0 Å². The normalized spacial score (nSPS) is 22.0. The maximum Gasteiger partial charge on any atom is 0.283 e. The van der Waals surface area contributed by atoms with Crippen molar-refractivity contribution in [3.63, 3.8) is 0 Å². The molecule has 2 heterocycles. The van der Waals surface area contributed by atoms with Crippen molar-refractivity contribution in [3.8, 4) is 0 Å². The van der Waals surface area contributed by atoms with Crippen LogP contribution in [0.4, 0.5) is 0 Å². The number of pyridine rings is 1. The van der Waals surface area contributed by atoms with E-state index in [4.69, 9.17) is 10.6 Å². The van der Waals surface area contributed by atoms with Gasteiger partial charge in [0.15, 0.2) is 0 Å². The molecule has 1 unspecified atom stereocenters. The fourth-order valence-electron chi connectivity index (χ4n) is 2.63. The lowest BCUT2D eigenvalue weighted by Gasteiger charge is -2.42. The lowest BCUT2D eigenvalue weighted by Crippen LogP contribution is -2.53. The van der Waals surface area contributed by atoms with Crippen molar-refractivity contribution in [1.82, 2.24) is 15.3 Å². The molecule has 1 aromatic rings. The Labute approximate surface area is 124 Å². The molecule has 7 nitrogen and oxygen atoms in total. The Balaban J connectivity index is 2.08. The number of hydrogen-bond acceptors (Lipinski definition) is 6. The highest BCUT2D eigenvalue weighted by atomic mass is 16.5. The molecule has 116 valence electrons. The number of morpholine rings is 1. The lowest BCUT2D eigenvalue weighted by molar-refractivity contribution is -0.150. The number of nitrogens with zero attached hydrogens (tertiary/aromatic N) is 2. The molecule has 1 atom stereocenters. The second-order valence-electron chi connectivity index (χ2n) is 5.84. The molecular formula is C14H22N4O3. The number of aromatic nitrogens is 1. The van der Waals surface area contributed by atoms with Gasteiger partial charge in [-0.15, -0.1) is 0 Å². The SMILES string of the molecule is CC1(C)CN(Cc2cccc(C(=O)NN)n2)CC(CO)O1. The second kappa shape index (κ2) is 6.48. The fraction of sp³-hybridized carbons (Fsp3) is 0.571. The molecule has 0 aliphatic carbocycles. The van der Waals surface area contributed by atoms with Gasteiger partial charge in [0.2, 0.25) is 0 Å². The van der Waals surface area contributed by atoms with Crippen molar-refractivity contribution in [2.24, 2.45) is 5.84 Å². The lowest BCUT2D eigenvalue weighted by atomic mass is 10.0. The van der Waals surface area contributed by atoms with Crippen molar-refractivity contribution in [3.05, 3.63) is 29.6 Å². The first-order chi connectivity index (χ1) is 9.93. The topological polar surface area (TPSA) is 101 Å². The number of aliphatic hydroxyl groups is 1. The van der Waals surface area contributed by atoms with Crippen LogP contribution in [0.5, 0.6) is 0 Å². The molecule has 0 saturated carbocycles. The highest BCUT2D eigenvalue weighted by molar-refractivity contribution is 5.91. The van der Waals surface area contributed by atoms with Crippen LogP contribution in [0.3, 0.4) is 0 Å². The Morgan fingerprint density at radius 1 is 1.62 bits per heavy atom. The number of amides is 1. The van der Waals surface area contributed by atoms with E-state index in [0.717, 1.165) is 12.2 Å². The summed E-state index contributed by atoms with van der Waals surface area (Å²) in [5.74, 6) is 4.71. The van der Waals surface area contributed by atoms with E-state index in [1.54, 1.807) is 12.1 Å². The second-order valence-corrected chi connectivity index (χ2v) is 5.84.